The molecule has 1 aromatic heterocycles. The monoisotopic (exact) mass is 524 g/mol. The van der Waals surface area contributed by atoms with Crippen LogP contribution in [0.3, 0.4) is 0 Å². The standard InChI is InChI=1S/C32H48N2S2/c1-2-3-4-5-6-7-8-9-10-11-12-13-14-15-16-17-23-28-34(29-24-19-18-20-25-29)36-32-33-30-26-21-22-27-31(30)35-32/h18-22,24-27H,2-17,23,28H2,1H3. The molecule has 0 bridgehead atoms. The number of anilines is 1. The lowest BCUT2D eigenvalue weighted by Crippen LogP contribution is -2.15. The molecule has 3 aromatic rings. The van der Waals surface area contributed by atoms with Gasteiger partial charge in [-0.1, -0.05) is 140 Å². The predicted molar refractivity (Wildman–Crippen MR) is 163 cm³/mol. The van der Waals surface area contributed by atoms with Crippen LogP contribution in [0.4, 0.5) is 5.69 Å². The van der Waals surface area contributed by atoms with Gasteiger partial charge in [-0.05, 0) is 30.7 Å². The summed E-state index contributed by atoms with van der Waals surface area (Å²) >= 11 is 3.59. The van der Waals surface area contributed by atoms with Gasteiger partial charge in [-0.25, -0.2) is 4.98 Å². The van der Waals surface area contributed by atoms with Crippen LogP contribution in [0.1, 0.15) is 116 Å². The Balaban J connectivity index is 1.22. The molecule has 0 aliphatic heterocycles. The summed E-state index contributed by atoms with van der Waals surface area (Å²) < 4.78 is 4.83. The SMILES string of the molecule is CCCCCCCCCCCCCCCCCCCN(Sc1nc2ccccc2s1)c1ccccc1. The summed E-state index contributed by atoms with van der Waals surface area (Å²) in [7, 11) is 0. The van der Waals surface area contributed by atoms with E-state index in [0.29, 0.717) is 0 Å². The van der Waals surface area contributed by atoms with E-state index in [1.165, 1.54) is 120 Å². The maximum atomic E-state index is 4.85. The van der Waals surface area contributed by atoms with Crippen LogP contribution in [0.2, 0.25) is 0 Å². The molecule has 0 amide bonds. The third-order valence-corrected chi connectivity index (χ3v) is 9.14. The Kier molecular flexibility index (Phi) is 15.1. The fourth-order valence-corrected chi connectivity index (χ4v) is 6.95. The number of unbranched alkanes of at least 4 members (excludes halogenated alkanes) is 16. The van der Waals surface area contributed by atoms with Crippen molar-refractivity contribution in [2.24, 2.45) is 0 Å². The second kappa shape index (κ2) is 18.7. The number of hydrogen-bond acceptors (Lipinski definition) is 4. The highest BCUT2D eigenvalue weighted by atomic mass is 32.2. The van der Waals surface area contributed by atoms with Gasteiger partial charge in [0.25, 0.3) is 0 Å². The number of rotatable bonds is 21. The first-order valence-corrected chi connectivity index (χ1v) is 16.3. The summed E-state index contributed by atoms with van der Waals surface area (Å²) in [4.78, 5) is 4.85. The van der Waals surface area contributed by atoms with Crippen LogP contribution >= 0.6 is 23.3 Å². The van der Waals surface area contributed by atoms with Crippen molar-refractivity contribution in [1.82, 2.24) is 4.98 Å². The minimum Gasteiger partial charge on any atom is -0.310 e. The number of para-hydroxylation sites is 2. The van der Waals surface area contributed by atoms with Crippen molar-refractivity contribution in [3.63, 3.8) is 0 Å². The third-order valence-electron chi connectivity index (χ3n) is 6.97. The van der Waals surface area contributed by atoms with Crippen LogP contribution in [-0.4, -0.2) is 11.5 Å². The molecule has 0 atom stereocenters. The Hall–Kier alpha value is -1.52. The number of benzene rings is 2. The Bertz CT molecular complexity index is 891. The van der Waals surface area contributed by atoms with E-state index in [-0.39, 0.29) is 0 Å². The molecule has 0 saturated carbocycles. The average molecular weight is 525 g/mol. The molecule has 3 rings (SSSR count). The van der Waals surface area contributed by atoms with Gasteiger partial charge in [0.2, 0.25) is 0 Å². The zero-order valence-corrected chi connectivity index (χ0v) is 24.3. The van der Waals surface area contributed by atoms with Crippen molar-refractivity contribution in [2.75, 3.05) is 10.8 Å². The normalized spacial score (nSPS) is 11.4. The highest BCUT2D eigenvalue weighted by molar-refractivity contribution is 8.02. The van der Waals surface area contributed by atoms with E-state index in [1.54, 1.807) is 23.3 Å². The molecule has 0 N–H and O–H groups in total. The van der Waals surface area contributed by atoms with E-state index in [4.69, 9.17) is 4.98 Å². The Morgan fingerprint density at radius 1 is 0.611 bits per heavy atom. The van der Waals surface area contributed by atoms with Crippen molar-refractivity contribution >= 4 is 39.2 Å². The molecule has 0 aliphatic carbocycles. The van der Waals surface area contributed by atoms with Crippen LogP contribution in [0.15, 0.2) is 58.9 Å². The first-order chi connectivity index (χ1) is 17.9. The summed E-state index contributed by atoms with van der Waals surface area (Å²) in [6, 6.07) is 19.2. The number of nitrogens with zero attached hydrogens (tertiary/aromatic N) is 2. The fourth-order valence-electron chi connectivity index (χ4n) is 4.79. The first-order valence-electron chi connectivity index (χ1n) is 14.7. The molecule has 2 nitrogen and oxygen atoms in total. The van der Waals surface area contributed by atoms with Gasteiger partial charge < -0.3 is 4.31 Å². The Morgan fingerprint density at radius 3 is 1.67 bits per heavy atom. The lowest BCUT2D eigenvalue weighted by molar-refractivity contribution is 0.528. The second-order valence-corrected chi connectivity index (χ2v) is 12.4. The first kappa shape index (κ1) is 29.0. The second-order valence-electron chi connectivity index (χ2n) is 10.1. The summed E-state index contributed by atoms with van der Waals surface area (Å²) in [5, 5.41) is 0. The van der Waals surface area contributed by atoms with Crippen LogP contribution in [0.25, 0.3) is 10.2 Å². The third kappa shape index (κ3) is 11.7. The molecule has 0 aliphatic rings. The molecule has 1 heterocycles. The van der Waals surface area contributed by atoms with Crippen molar-refractivity contribution in [2.45, 2.75) is 120 Å². The highest BCUT2D eigenvalue weighted by Crippen LogP contribution is 2.34. The van der Waals surface area contributed by atoms with E-state index in [1.807, 2.05) is 0 Å². The zero-order valence-electron chi connectivity index (χ0n) is 22.6. The molecular weight excluding hydrogens is 477 g/mol. The van der Waals surface area contributed by atoms with E-state index in [2.05, 4.69) is 65.8 Å². The lowest BCUT2D eigenvalue weighted by atomic mass is 10.0. The Labute approximate surface area is 229 Å². The summed E-state index contributed by atoms with van der Waals surface area (Å²) in [6.45, 7) is 3.37. The van der Waals surface area contributed by atoms with Crippen molar-refractivity contribution in [3.05, 3.63) is 54.6 Å². The van der Waals surface area contributed by atoms with Gasteiger partial charge in [0.05, 0.1) is 10.2 Å². The molecule has 2 aromatic carbocycles. The molecule has 0 fully saturated rings. The molecular formula is C32H48N2S2. The summed E-state index contributed by atoms with van der Waals surface area (Å²) in [6.07, 6.45) is 24.1. The maximum Gasteiger partial charge on any atom is 0.171 e. The van der Waals surface area contributed by atoms with Gasteiger partial charge in [0.1, 0.15) is 0 Å². The zero-order chi connectivity index (χ0) is 25.1. The maximum absolute atomic E-state index is 4.85. The number of fused-ring (bicyclic) bond motifs is 1. The van der Waals surface area contributed by atoms with Crippen LogP contribution in [-0.2, 0) is 0 Å². The van der Waals surface area contributed by atoms with Crippen LogP contribution in [0, 0.1) is 0 Å². The van der Waals surface area contributed by atoms with Crippen molar-refractivity contribution < 1.29 is 0 Å². The molecule has 0 unspecified atom stereocenters. The fraction of sp³-hybridized carbons (Fsp3) is 0.594. The average Bonchev–Trinajstić information content (AvgIpc) is 3.33. The molecule has 0 spiro atoms. The van der Waals surface area contributed by atoms with Gasteiger partial charge in [-0.2, -0.15) is 0 Å². The molecule has 36 heavy (non-hydrogen) atoms. The minimum atomic E-state index is 1.07. The molecule has 0 radical (unpaired) electrons. The summed E-state index contributed by atoms with van der Waals surface area (Å²) in [5.41, 5.74) is 2.38. The Morgan fingerprint density at radius 2 is 1.11 bits per heavy atom. The summed E-state index contributed by atoms with van der Waals surface area (Å²) in [5.74, 6) is 0. The quantitative estimate of drug-likeness (QED) is 0.102. The lowest BCUT2D eigenvalue weighted by Gasteiger charge is -2.22. The van der Waals surface area contributed by atoms with Gasteiger partial charge in [-0.15, -0.1) is 11.3 Å². The molecule has 4 heteroatoms. The van der Waals surface area contributed by atoms with E-state index >= 15 is 0 Å². The van der Waals surface area contributed by atoms with Gasteiger partial charge >= 0.3 is 0 Å². The minimum absolute atomic E-state index is 1.07. The number of aromatic nitrogens is 1. The number of thiazole rings is 1. The molecule has 198 valence electrons. The van der Waals surface area contributed by atoms with Gasteiger partial charge in [0.15, 0.2) is 4.34 Å². The predicted octanol–water partition coefficient (Wildman–Crippen LogP) is 11.5. The topological polar surface area (TPSA) is 16.1 Å². The van der Waals surface area contributed by atoms with Crippen molar-refractivity contribution in [1.29, 1.82) is 0 Å². The number of hydrogen-bond donors (Lipinski definition) is 0. The highest BCUT2D eigenvalue weighted by Gasteiger charge is 2.12. The van der Waals surface area contributed by atoms with Gasteiger partial charge in [0, 0.05) is 24.2 Å². The van der Waals surface area contributed by atoms with Crippen LogP contribution < -0.4 is 4.31 Å². The largest absolute Gasteiger partial charge is 0.310 e. The van der Waals surface area contributed by atoms with Gasteiger partial charge in [-0.3, -0.25) is 0 Å². The van der Waals surface area contributed by atoms with Crippen molar-refractivity contribution in [3.8, 4) is 0 Å². The van der Waals surface area contributed by atoms with E-state index < -0.39 is 0 Å². The molecule has 0 saturated heterocycles. The van der Waals surface area contributed by atoms with E-state index in [0.717, 1.165) is 16.4 Å². The van der Waals surface area contributed by atoms with E-state index in [9.17, 15) is 0 Å². The van der Waals surface area contributed by atoms with Crippen LogP contribution in [0.5, 0.6) is 0 Å². The smallest absolute Gasteiger partial charge is 0.171 e.